The van der Waals surface area contributed by atoms with E-state index in [2.05, 4.69) is 12.6 Å². The number of carboxylic acid groups (broad SMARTS) is 2. The van der Waals surface area contributed by atoms with Crippen LogP contribution in [0.4, 0.5) is 0 Å². The minimum atomic E-state index is -1.58. The average Bonchev–Trinajstić information content (AvgIpc) is 1.63. The van der Waals surface area contributed by atoms with Crippen molar-refractivity contribution in [3.05, 3.63) is 5.25 Å². The first-order valence-corrected chi connectivity index (χ1v) is 2.44. The van der Waals surface area contributed by atoms with Gasteiger partial charge in [-0.1, -0.05) is 5.97 Å². The van der Waals surface area contributed by atoms with Gasteiger partial charge in [0.1, 0.15) is 0 Å². The second-order valence-electron chi connectivity index (χ2n) is 1.28. The summed E-state index contributed by atoms with van der Waals surface area (Å²) in [6.07, 6.45) is -0.703. The Morgan fingerprint density at radius 3 is 1.90 bits per heavy atom. The van der Waals surface area contributed by atoms with Crippen molar-refractivity contribution in [1.82, 2.24) is 0 Å². The van der Waals surface area contributed by atoms with E-state index < -0.39 is 23.6 Å². The Balaban J connectivity index is 0. The number of rotatable bonds is 3. The number of carbonyl (C=O) groups excluding carboxylic acids is 2. The Bertz CT molecular complexity index is 137. The second-order valence-corrected chi connectivity index (χ2v) is 1.82. The first kappa shape index (κ1) is 12.6. The molecule has 0 saturated heterocycles. The van der Waals surface area contributed by atoms with Gasteiger partial charge in [-0.15, -0.1) is 6.42 Å². The van der Waals surface area contributed by atoms with Gasteiger partial charge in [-0.05, 0) is 0 Å². The van der Waals surface area contributed by atoms with Gasteiger partial charge in [0.15, 0.2) is 0 Å². The topological polar surface area (TPSA) is 80.3 Å². The molecule has 0 amide bonds. The molecule has 0 saturated carbocycles. The van der Waals surface area contributed by atoms with Crippen molar-refractivity contribution in [3.8, 4) is 0 Å². The third-order valence-corrected chi connectivity index (χ3v) is 0.888. The van der Waals surface area contributed by atoms with Crippen molar-refractivity contribution in [2.24, 2.45) is 0 Å². The third kappa shape index (κ3) is 6.03. The molecule has 0 spiro atoms. The average molecular weight is 344 g/mol. The van der Waals surface area contributed by atoms with E-state index in [1.807, 2.05) is 0 Å². The van der Waals surface area contributed by atoms with Crippen LogP contribution in [0.5, 0.6) is 0 Å². The quantitative estimate of drug-likeness (QED) is 0.344. The Morgan fingerprint density at radius 2 is 1.80 bits per heavy atom. The van der Waals surface area contributed by atoms with Crippen molar-refractivity contribution in [3.63, 3.8) is 0 Å². The summed E-state index contributed by atoms with van der Waals surface area (Å²) in [7, 11) is 0. The van der Waals surface area contributed by atoms with E-state index in [0.717, 1.165) is 0 Å². The van der Waals surface area contributed by atoms with E-state index in [9.17, 15) is 19.8 Å². The van der Waals surface area contributed by atoms with Crippen LogP contribution < -0.4 is 10.2 Å². The summed E-state index contributed by atoms with van der Waals surface area (Å²) in [4.78, 5) is 19.4. The van der Waals surface area contributed by atoms with E-state index >= 15 is 0 Å². The maximum atomic E-state index is 9.72. The van der Waals surface area contributed by atoms with Gasteiger partial charge >= 0.3 is 22.4 Å². The van der Waals surface area contributed by atoms with E-state index in [-0.39, 0.29) is 22.4 Å². The van der Waals surface area contributed by atoms with Crippen LogP contribution in [-0.2, 0) is 32.0 Å². The first-order valence-electron chi connectivity index (χ1n) is 2.00. The van der Waals surface area contributed by atoms with E-state index in [1.54, 1.807) is 0 Å². The molecule has 0 unspecified atom stereocenters. The van der Waals surface area contributed by atoms with Crippen molar-refractivity contribution in [2.75, 3.05) is 0 Å². The zero-order valence-corrected chi connectivity index (χ0v) is 7.65. The van der Waals surface area contributed by atoms with Crippen molar-refractivity contribution in [1.29, 1.82) is 0 Å². The second kappa shape index (κ2) is 5.67. The first-order chi connectivity index (χ1) is 4.04. The van der Waals surface area contributed by atoms with Crippen LogP contribution in [0.1, 0.15) is 6.42 Å². The molecule has 6 heteroatoms. The van der Waals surface area contributed by atoms with Crippen LogP contribution in [0.15, 0.2) is 0 Å². The smallest absolute Gasteiger partial charge is 0.583 e. The fraction of sp³-hybridized carbons (Fsp3) is 0.250. The molecular formula is C4H3AuO4S. The predicted molar refractivity (Wildman–Crippen MR) is 26.9 cm³/mol. The Morgan fingerprint density at radius 1 is 1.40 bits per heavy atom. The summed E-state index contributed by atoms with van der Waals surface area (Å²) in [6, 6.07) is 0. The molecule has 0 heterocycles. The molecule has 0 radical (unpaired) electrons. The van der Waals surface area contributed by atoms with Gasteiger partial charge in [-0.2, -0.15) is 0 Å². The molecule has 0 fully saturated rings. The molecule has 0 N–H and O–H groups in total. The van der Waals surface area contributed by atoms with E-state index in [1.165, 1.54) is 0 Å². The number of hydrogen-bond donors (Lipinski definition) is 1. The zero-order chi connectivity index (χ0) is 7.44. The molecule has 0 aliphatic heterocycles. The fourth-order valence-electron chi connectivity index (χ4n) is 0.209. The molecule has 4 nitrogen and oxygen atoms in total. The summed E-state index contributed by atoms with van der Waals surface area (Å²) < 4.78 is 0. The number of aliphatic carboxylic acids is 2. The molecule has 60 valence electrons. The number of hydrogen-bond acceptors (Lipinski definition) is 5. The standard InChI is InChI=1S/C4H5O4S.Au/c5-3(6)1-2(9)4(7)8;/h9H,1H2,(H,5,6)(H,7,8);/q-1;+3/p-2. The minimum Gasteiger partial charge on any atom is -0.583 e. The fourth-order valence-corrected chi connectivity index (χ4v) is 0.338. The number of carboxylic acids is 2. The maximum Gasteiger partial charge on any atom is 3.00 e. The van der Waals surface area contributed by atoms with Crippen molar-refractivity contribution in [2.45, 2.75) is 6.42 Å². The predicted octanol–water partition coefficient (Wildman–Crippen LogP) is -2.66. The summed E-state index contributed by atoms with van der Waals surface area (Å²) in [6.45, 7) is 0. The molecule has 0 atom stereocenters. The summed E-state index contributed by atoms with van der Waals surface area (Å²) in [5.74, 6) is -3.06. The van der Waals surface area contributed by atoms with Gasteiger partial charge in [0.2, 0.25) is 0 Å². The third-order valence-electron chi connectivity index (χ3n) is 0.547. The van der Waals surface area contributed by atoms with Gasteiger partial charge in [0.05, 0.1) is 0 Å². The molecule has 0 aromatic heterocycles. The van der Waals surface area contributed by atoms with Gasteiger partial charge in [0, 0.05) is 5.97 Å². The van der Waals surface area contributed by atoms with Crippen molar-refractivity contribution < 1.29 is 42.2 Å². The van der Waals surface area contributed by atoms with Crippen molar-refractivity contribution >= 4 is 24.6 Å². The van der Waals surface area contributed by atoms with Crippen LogP contribution >= 0.6 is 12.6 Å². The number of carbonyl (C=O) groups is 2. The van der Waals surface area contributed by atoms with Crippen LogP contribution in [-0.4, -0.2) is 11.9 Å². The number of thiol groups is 1. The molecular weight excluding hydrogens is 341 g/mol. The Labute approximate surface area is 78.5 Å². The van der Waals surface area contributed by atoms with Gasteiger partial charge in [-0.3, -0.25) is 5.25 Å². The molecule has 10 heavy (non-hydrogen) atoms. The molecule has 0 bridgehead atoms. The minimum absolute atomic E-state index is 0. The Kier molecular flexibility index (Phi) is 7.12. The monoisotopic (exact) mass is 344 g/mol. The maximum absolute atomic E-state index is 9.72. The summed E-state index contributed by atoms with van der Waals surface area (Å²) >= 11 is 3.30. The van der Waals surface area contributed by atoms with Crippen LogP contribution in [0, 0.1) is 5.25 Å². The summed E-state index contributed by atoms with van der Waals surface area (Å²) in [5, 5.41) is 18.8. The molecule has 0 aromatic rings. The molecule has 0 aromatic carbocycles. The largest absolute Gasteiger partial charge is 3.00 e. The van der Waals surface area contributed by atoms with E-state index in [4.69, 9.17) is 0 Å². The zero-order valence-electron chi connectivity index (χ0n) is 4.59. The molecule has 0 aliphatic rings. The summed E-state index contributed by atoms with van der Waals surface area (Å²) in [5.41, 5.74) is 0. The molecule has 0 rings (SSSR count). The van der Waals surface area contributed by atoms with Gasteiger partial charge < -0.3 is 32.4 Å². The Hall–Kier alpha value is -0.0997. The van der Waals surface area contributed by atoms with Crippen LogP contribution in [0.2, 0.25) is 0 Å². The molecule has 0 aliphatic carbocycles. The SMILES string of the molecule is O=C([O-])C[C-](S)C(=O)[O-].[Au+3]. The van der Waals surface area contributed by atoms with E-state index in [0.29, 0.717) is 0 Å². The normalized spacial score (nSPS) is 7.70. The van der Waals surface area contributed by atoms with Crippen LogP contribution in [0.3, 0.4) is 0 Å². The van der Waals surface area contributed by atoms with Gasteiger partial charge in [0.25, 0.3) is 0 Å². The van der Waals surface area contributed by atoms with Crippen LogP contribution in [0.25, 0.3) is 0 Å². The van der Waals surface area contributed by atoms with Gasteiger partial charge in [-0.25, -0.2) is 0 Å².